The SMILES string of the molecule is CC(C)CCCC(C)Nc1cnn(C(C)C)c(=O)c1Br. The molecule has 0 aliphatic carbocycles. The van der Waals surface area contributed by atoms with Crippen LogP contribution in [0, 0.1) is 5.92 Å². The van der Waals surface area contributed by atoms with Gasteiger partial charge in [0, 0.05) is 6.04 Å². The Morgan fingerprint density at radius 3 is 2.45 bits per heavy atom. The zero-order valence-electron chi connectivity index (χ0n) is 13.1. The number of anilines is 1. The fourth-order valence-corrected chi connectivity index (χ4v) is 2.48. The second-order valence-electron chi connectivity index (χ2n) is 6.09. The number of nitrogens with one attached hydrogen (secondary N) is 1. The number of aromatic nitrogens is 2. The van der Waals surface area contributed by atoms with E-state index in [0.717, 1.165) is 18.0 Å². The molecule has 0 aromatic carbocycles. The van der Waals surface area contributed by atoms with Gasteiger partial charge in [0.15, 0.2) is 0 Å². The van der Waals surface area contributed by atoms with Gasteiger partial charge in [-0.25, -0.2) is 4.68 Å². The number of hydrogen-bond acceptors (Lipinski definition) is 3. The number of halogens is 1. The molecule has 20 heavy (non-hydrogen) atoms. The molecule has 1 atom stereocenters. The van der Waals surface area contributed by atoms with Crippen LogP contribution < -0.4 is 10.9 Å². The molecule has 0 bridgehead atoms. The van der Waals surface area contributed by atoms with Gasteiger partial charge in [-0.05, 0) is 49.0 Å². The van der Waals surface area contributed by atoms with Crippen LogP contribution in [0.3, 0.4) is 0 Å². The van der Waals surface area contributed by atoms with E-state index in [1.807, 2.05) is 13.8 Å². The van der Waals surface area contributed by atoms with Crippen molar-refractivity contribution in [3.63, 3.8) is 0 Å². The van der Waals surface area contributed by atoms with Gasteiger partial charge in [-0.1, -0.05) is 26.7 Å². The van der Waals surface area contributed by atoms with Crippen LogP contribution in [0.2, 0.25) is 0 Å². The Hall–Kier alpha value is -0.840. The van der Waals surface area contributed by atoms with Crippen LogP contribution in [-0.2, 0) is 0 Å². The summed E-state index contributed by atoms with van der Waals surface area (Å²) in [4.78, 5) is 12.1. The Bertz CT molecular complexity index is 482. The normalized spacial score (nSPS) is 13.0. The van der Waals surface area contributed by atoms with Gasteiger partial charge in [0.1, 0.15) is 4.47 Å². The van der Waals surface area contributed by atoms with E-state index in [9.17, 15) is 4.79 Å². The molecule has 0 spiro atoms. The summed E-state index contributed by atoms with van der Waals surface area (Å²) < 4.78 is 2.05. The number of rotatable bonds is 7. The maximum Gasteiger partial charge on any atom is 0.283 e. The van der Waals surface area contributed by atoms with E-state index in [4.69, 9.17) is 0 Å². The lowest BCUT2D eigenvalue weighted by atomic mass is 10.0. The molecular weight excluding hydrogens is 318 g/mol. The molecule has 5 heteroatoms. The highest BCUT2D eigenvalue weighted by atomic mass is 79.9. The van der Waals surface area contributed by atoms with E-state index >= 15 is 0 Å². The number of nitrogens with zero attached hydrogens (tertiary/aromatic N) is 2. The van der Waals surface area contributed by atoms with Crippen LogP contribution in [-0.4, -0.2) is 15.8 Å². The Morgan fingerprint density at radius 1 is 1.25 bits per heavy atom. The first-order valence-corrected chi connectivity index (χ1v) is 8.16. The summed E-state index contributed by atoms with van der Waals surface area (Å²) in [6.07, 6.45) is 5.25. The first kappa shape index (κ1) is 17.2. The summed E-state index contributed by atoms with van der Waals surface area (Å²) in [5.41, 5.74) is 0.698. The Labute approximate surface area is 130 Å². The summed E-state index contributed by atoms with van der Waals surface area (Å²) in [6.45, 7) is 10.5. The van der Waals surface area contributed by atoms with E-state index in [-0.39, 0.29) is 11.6 Å². The summed E-state index contributed by atoms with van der Waals surface area (Å²) in [5.74, 6) is 0.741. The van der Waals surface area contributed by atoms with Gasteiger partial charge in [-0.15, -0.1) is 0 Å². The first-order chi connectivity index (χ1) is 9.32. The van der Waals surface area contributed by atoms with Gasteiger partial charge in [0.05, 0.1) is 17.9 Å². The van der Waals surface area contributed by atoms with E-state index in [0.29, 0.717) is 10.5 Å². The minimum absolute atomic E-state index is 0.0660. The molecule has 1 unspecified atom stereocenters. The van der Waals surface area contributed by atoms with E-state index in [1.165, 1.54) is 17.5 Å². The topological polar surface area (TPSA) is 46.9 Å². The van der Waals surface area contributed by atoms with Crippen molar-refractivity contribution < 1.29 is 0 Å². The van der Waals surface area contributed by atoms with Gasteiger partial charge < -0.3 is 5.32 Å². The van der Waals surface area contributed by atoms with Crippen LogP contribution in [0.4, 0.5) is 5.69 Å². The monoisotopic (exact) mass is 343 g/mol. The van der Waals surface area contributed by atoms with Crippen molar-refractivity contribution >= 4 is 21.6 Å². The van der Waals surface area contributed by atoms with Crippen LogP contribution in [0.15, 0.2) is 15.5 Å². The Balaban J connectivity index is 2.69. The molecule has 114 valence electrons. The molecule has 0 saturated carbocycles. The van der Waals surface area contributed by atoms with Gasteiger partial charge in [-0.3, -0.25) is 4.79 Å². The highest BCUT2D eigenvalue weighted by molar-refractivity contribution is 9.10. The molecule has 1 heterocycles. The van der Waals surface area contributed by atoms with Crippen molar-refractivity contribution in [2.24, 2.45) is 5.92 Å². The molecule has 0 amide bonds. The standard InChI is InChI=1S/C15H26BrN3O/c1-10(2)7-6-8-12(5)18-13-9-17-19(11(3)4)15(20)14(13)16/h9-12,18H,6-8H2,1-5H3. The van der Waals surface area contributed by atoms with Crippen molar-refractivity contribution in [3.8, 4) is 0 Å². The molecular formula is C15H26BrN3O. The highest BCUT2D eigenvalue weighted by Gasteiger charge is 2.12. The fourth-order valence-electron chi connectivity index (χ4n) is 2.08. The summed E-state index contributed by atoms with van der Waals surface area (Å²) in [5, 5.41) is 7.58. The predicted octanol–water partition coefficient (Wildman–Crippen LogP) is 4.21. The summed E-state index contributed by atoms with van der Waals surface area (Å²) >= 11 is 3.38. The fraction of sp³-hybridized carbons (Fsp3) is 0.733. The lowest BCUT2D eigenvalue weighted by molar-refractivity contribution is 0.499. The maximum absolute atomic E-state index is 12.1. The van der Waals surface area contributed by atoms with Crippen molar-refractivity contribution in [3.05, 3.63) is 21.0 Å². The molecule has 1 aromatic heterocycles. The molecule has 0 aliphatic heterocycles. The number of hydrogen-bond donors (Lipinski definition) is 1. The third kappa shape index (κ3) is 4.93. The predicted molar refractivity (Wildman–Crippen MR) is 88.4 cm³/mol. The van der Waals surface area contributed by atoms with E-state index in [1.54, 1.807) is 6.20 Å². The molecule has 1 rings (SSSR count). The molecule has 1 N–H and O–H groups in total. The molecule has 0 aliphatic rings. The minimum Gasteiger partial charge on any atom is -0.380 e. The molecule has 1 aromatic rings. The Morgan fingerprint density at radius 2 is 1.90 bits per heavy atom. The van der Waals surface area contributed by atoms with Gasteiger partial charge in [0.2, 0.25) is 0 Å². The van der Waals surface area contributed by atoms with Gasteiger partial charge in [0.25, 0.3) is 5.56 Å². The van der Waals surface area contributed by atoms with Crippen molar-refractivity contribution in [1.29, 1.82) is 0 Å². The lowest BCUT2D eigenvalue weighted by Crippen LogP contribution is -2.27. The third-order valence-electron chi connectivity index (χ3n) is 3.25. The first-order valence-electron chi connectivity index (χ1n) is 7.36. The average Bonchev–Trinajstić information content (AvgIpc) is 2.34. The van der Waals surface area contributed by atoms with Crippen LogP contribution in [0.25, 0.3) is 0 Å². The lowest BCUT2D eigenvalue weighted by Gasteiger charge is -2.17. The quantitative estimate of drug-likeness (QED) is 0.806. The zero-order valence-corrected chi connectivity index (χ0v) is 14.7. The average molecular weight is 344 g/mol. The summed E-state index contributed by atoms with van der Waals surface area (Å²) in [7, 11) is 0. The molecule has 0 radical (unpaired) electrons. The molecule has 0 saturated heterocycles. The summed E-state index contributed by atoms with van der Waals surface area (Å²) in [6, 6.07) is 0.400. The van der Waals surface area contributed by atoms with Crippen LogP contribution >= 0.6 is 15.9 Å². The zero-order chi connectivity index (χ0) is 15.3. The van der Waals surface area contributed by atoms with Gasteiger partial charge in [-0.2, -0.15) is 5.10 Å². The molecule has 4 nitrogen and oxygen atoms in total. The van der Waals surface area contributed by atoms with Gasteiger partial charge >= 0.3 is 0 Å². The third-order valence-corrected chi connectivity index (χ3v) is 4.02. The second-order valence-corrected chi connectivity index (χ2v) is 6.88. The largest absolute Gasteiger partial charge is 0.380 e. The Kier molecular flexibility index (Phi) is 6.72. The minimum atomic E-state index is -0.0839. The second kappa shape index (κ2) is 7.81. The maximum atomic E-state index is 12.1. The smallest absolute Gasteiger partial charge is 0.283 e. The van der Waals surface area contributed by atoms with Crippen LogP contribution in [0.5, 0.6) is 0 Å². The van der Waals surface area contributed by atoms with E-state index in [2.05, 4.69) is 47.1 Å². The molecule has 0 fully saturated rings. The van der Waals surface area contributed by atoms with Crippen molar-refractivity contribution in [1.82, 2.24) is 9.78 Å². The van der Waals surface area contributed by atoms with Crippen LogP contribution in [0.1, 0.15) is 59.9 Å². The van der Waals surface area contributed by atoms with Crippen molar-refractivity contribution in [2.75, 3.05) is 5.32 Å². The van der Waals surface area contributed by atoms with Crippen molar-refractivity contribution in [2.45, 2.75) is 66.0 Å². The highest BCUT2D eigenvalue weighted by Crippen LogP contribution is 2.19. The van der Waals surface area contributed by atoms with E-state index < -0.39 is 0 Å².